The molecule has 6 nitrogen and oxygen atoms in total. The molecule has 29 heavy (non-hydrogen) atoms. The van der Waals surface area contributed by atoms with Gasteiger partial charge in [-0.15, -0.1) is 0 Å². The average molecular weight is 472 g/mol. The van der Waals surface area contributed by atoms with Crippen molar-refractivity contribution in [2.75, 3.05) is 0 Å². The minimum atomic E-state index is -7.35. The quantitative estimate of drug-likeness (QED) is 0.603. The molecule has 0 aliphatic carbocycles. The van der Waals surface area contributed by atoms with Crippen LogP contribution in [0.1, 0.15) is 0 Å². The Morgan fingerprint density at radius 1 is 0.448 bits per heavy atom. The lowest BCUT2D eigenvalue weighted by Crippen LogP contribution is -2.84. The van der Waals surface area contributed by atoms with Gasteiger partial charge in [-0.25, -0.2) is 0 Å². The van der Waals surface area contributed by atoms with E-state index in [9.17, 15) is 61.5 Å². The molecule has 2 heterocycles. The van der Waals surface area contributed by atoms with Crippen molar-refractivity contribution < 1.29 is 90.6 Å². The Morgan fingerprint density at radius 2 is 0.621 bits per heavy atom. The van der Waals surface area contributed by atoms with Gasteiger partial charge in [-0.3, -0.25) is 18.9 Å². The molecule has 0 amide bonds. The van der Waals surface area contributed by atoms with Crippen LogP contribution in [0.2, 0.25) is 0 Å². The molecule has 0 bridgehead atoms. The molecule has 20 heteroatoms. The van der Waals surface area contributed by atoms with Crippen LogP contribution in [0, 0.1) is 5.41 Å². The minimum absolute atomic E-state index is 2.09. The van der Waals surface area contributed by atoms with Crippen LogP contribution in [-0.2, 0) is 18.9 Å². The molecule has 2 fully saturated rings. The van der Waals surface area contributed by atoms with Gasteiger partial charge < -0.3 is 10.2 Å². The zero-order valence-electron chi connectivity index (χ0n) is 12.3. The van der Waals surface area contributed by atoms with E-state index in [0.29, 0.717) is 0 Å². The molecule has 2 N–H and O–H groups in total. The maximum absolute atomic E-state index is 13.8. The van der Waals surface area contributed by atoms with E-state index in [0.717, 1.165) is 0 Å². The summed E-state index contributed by atoms with van der Waals surface area (Å²) in [5.74, 6) is 0. The third-order valence-electron chi connectivity index (χ3n) is 3.50. The van der Waals surface area contributed by atoms with Crippen molar-refractivity contribution in [1.82, 2.24) is 0 Å². The van der Waals surface area contributed by atoms with Gasteiger partial charge in [0, 0.05) is 0 Å². The minimum Gasteiger partial charge on any atom is -0.330 e. The molecule has 2 aliphatic heterocycles. The molecule has 0 aromatic carbocycles. The molecule has 0 radical (unpaired) electrons. The van der Waals surface area contributed by atoms with Crippen LogP contribution in [0.5, 0.6) is 0 Å². The van der Waals surface area contributed by atoms with Crippen LogP contribution < -0.4 is 0 Å². The summed E-state index contributed by atoms with van der Waals surface area (Å²) in [6, 6.07) is -13.0. The molecule has 2 aliphatic rings. The molecular formula is C9H2F14O6. The van der Waals surface area contributed by atoms with E-state index < -0.39 is 54.1 Å². The van der Waals surface area contributed by atoms with Gasteiger partial charge in [-0.05, 0) is 0 Å². The Balaban J connectivity index is 2.80. The molecule has 2 rings (SSSR count). The Hall–Kier alpha value is -1.22. The van der Waals surface area contributed by atoms with Crippen molar-refractivity contribution in [1.29, 1.82) is 0 Å². The number of hydrogen-bond acceptors (Lipinski definition) is 6. The first kappa shape index (κ1) is 24.1. The molecule has 0 atom stereocenters. The van der Waals surface area contributed by atoms with Gasteiger partial charge in [0.05, 0.1) is 0 Å². The molecule has 0 aromatic heterocycles. The second-order valence-corrected chi connectivity index (χ2v) is 5.38. The van der Waals surface area contributed by atoms with E-state index in [-0.39, 0.29) is 0 Å². The van der Waals surface area contributed by atoms with E-state index >= 15 is 0 Å². The summed E-state index contributed by atoms with van der Waals surface area (Å²) in [5, 5.41) is 15.9. The van der Waals surface area contributed by atoms with Gasteiger partial charge in [0.2, 0.25) is 0 Å². The van der Waals surface area contributed by atoms with Crippen LogP contribution in [0.4, 0.5) is 61.5 Å². The average Bonchev–Trinajstić information content (AvgIpc) is 2.27. The zero-order valence-corrected chi connectivity index (χ0v) is 12.3. The van der Waals surface area contributed by atoms with Crippen molar-refractivity contribution in [2.45, 2.75) is 48.7 Å². The third-order valence-corrected chi connectivity index (χ3v) is 3.50. The number of aliphatic hydroxyl groups is 2. The zero-order chi connectivity index (χ0) is 23.3. The van der Waals surface area contributed by atoms with Crippen molar-refractivity contribution in [3.8, 4) is 0 Å². The van der Waals surface area contributed by atoms with E-state index in [2.05, 4.69) is 18.9 Å². The van der Waals surface area contributed by atoms with Crippen LogP contribution in [0.3, 0.4) is 0 Å². The van der Waals surface area contributed by atoms with Gasteiger partial charge >= 0.3 is 54.1 Å². The van der Waals surface area contributed by atoms with Crippen molar-refractivity contribution in [3.05, 3.63) is 0 Å². The number of ether oxygens (including phenoxy) is 4. The maximum atomic E-state index is 13.8. The number of hydrogen-bond donors (Lipinski definition) is 2. The summed E-state index contributed by atoms with van der Waals surface area (Å²) >= 11 is 0. The molecule has 0 unspecified atom stereocenters. The summed E-state index contributed by atoms with van der Waals surface area (Å²) in [4.78, 5) is 0. The van der Waals surface area contributed by atoms with E-state index in [1.165, 1.54) is 0 Å². The highest BCUT2D eigenvalue weighted by atomic mass is 19.3. The lowest BCUT2D eigenvalue weighted by molar-refractivity contribution is -0.710. The van der Waals surface area contributed by atoms with Crippen LogP contribution >= 0.6 is 0 Å². The molecule has 0 aromatic rings. The fraction of sp³-hybridized carbons (Fsp3) is 1.00. The summed E-state index contributed by atoms with van der Waals surface area (Å²) < 4.78 is 196. The topological polar surface area (TPSA) is 77.4 Å². The summed E-state index contributed by atoms with van der Waals surface area (Å²) in [6.45, 7) is 0. The monoisotopic (exact) mass is 472 g/mol. The Labute approximate surface area is 146 Å². The fourth-order valence-corrected chi connectivity index (χ4v) is 2.27. The number of rotatable bonds is 2. The predicted molar refractivity (Wildman–Crippen MR) is 48.6 cm³/mol. The lowest BCUT2D eigenvalue weighted by atomic mass is 9.79. The van der Waals surface area contributed by atoms with Gasteiger partial charge in [0.25, 0.3) is 0 Å². The maximum Gasteiger partial charge on any atom is 0.441 e. The SMILES string of the molecule is OC(F)(F)C1(F)OC(F)(F)C2(C(F)(F)O1)C(F)(F)OC(F)(C(O)(F)F)OC2(F)F. The highest BCUT2D eigenvalue weighted by Gasteiger charge is 3.02. The lowest BCUT2D eigenvalue weighted by Gasteiger charge is -2.57. The summed E-state index contributed by atoms with van der Waals surface area (Å²) in [7, 11) is 0. The van der Waals surface area contributed by atoms with Crippen LogP contribution in [0.25, 0.3) is 0 Å². The van der Waals surface area contributed by atoms with Gasteiger partial charge in [-0.2, -0.15) is 61.5 Å². The van der Waals surface area contributed by atoms with Gasteiger partial charge in [0.1, 0.15) is 0 Å². The van der Waals surface area contributed by atoms with E-state index in [1.54, 1.807) is 0 Å². The van der Waals surface area contributed by atoms with Crippen LogP contribution in [-0.4, -0.2) is 58.9 Å². The summed E-state index contributed by atoms with van der Waals surface area (Å²) in [5.41, 5.74) is -7.30. The Morgan fingerprint density at radius 3 is 0.759 bits per heavy atom. The predicted octanol–water partition coefficient (Wildman–Crippen LogP) is 2.85. The fourth-order valence-electron chi connectivity index (χ4n) is 2.27. The molecule has 2 saturated heterocycles. The smallest absolute Gasteiger partial charge is 0.330 e. The van der Waals surface area contributed by atoms with Crippen molar-refractivity contribution in [2.24, 2.45) is 5.41 Å². The number of alkyl halides is 14. The normalized spacial score (nSPS) is 41.4. The second-order valence-electron chi connectivity index (χ2n) is 5.38. The molecule has 1 spiro atoms. The van der Waals surface area contributed by atoms with Crippen molar-refractivity contribution >= 4 is 0 Å². The first-order chi connectivity index (χ1) is 12.3. The Bertz CT molecular complexity index is 585. The first-order valence-electron chi connectivity index (χ1n) is 6.23. The van der Waals surface area contributed by atoms with E-state index in [1.807, 2.05) is 0 Å². The molecular weight excluding hydrogens is 470 g/mol. The van der Waals surface area contributed by atoms with Gasteiger partial charge in [0.15, 0.2) is 0 Å². The molecule has 172 valence electrons. The highest BCUT2D eigenvalue weighted by Crippen LogP contribution is 2.73. The van der Waals surface area contributed by atoms with E-state index in [4.69, 9.17) is 10.2 Å². The van der Waals surface area contributed by atoms with Gasteiger partial charge in [-0.1, -0.05) is 0 Å². The largest absolute Gasteiger partial charge is 0.441 e. The first-order valence-corrected chi connectivity index (χ1v) is 6.23. The highest BCUT2D eigenvalue weighted by molar-refractivity contribution is 5.11. The standard InChI is InChI=1S/C9H2F14O6/c10-2(11,24)8(22)26-4(14,15)1(5(16,17)27-8)6(18,19)28-9(23,3(12,13)25)29-7(1,20)21/h24-25H. The molecule has 0 saturated carbocycles. The third kappa shape index (κ3) is 2.79. The Kier molecular flexibility index (Phi) is 4.58. The van der Waals surface area contributed by atoms with Crippen molar-refractivity contribution in [3.63, 3.8) is 0 Å². The van der Waals surface area contributed by atoms with Crippen LogP contribution in [0.15, 0.2) is 0 Å². The summed E-state index contributed by atoms with van der Waals surface area (Å²) in [6.07, 6.45) is -42.5. The number of halogens is 14. The second kappa shape index (κ2) is 5.52.